The van der Waals surface area contributed by atoms with E-state index in [4.69, 9.17) is 8.60 Å². The summed E-state index contributed by atoms with van der Waals surface area (Å²) in [6, 6.07) is 17.8. The lowest BCUT2D eigenvalue weighted by molar-refractivity contribution is -0.120. The number of carbonyl (C=O) groups is 1. The van der Waals surface area contributed by atoms with E-state index in [1.54, 1.807) is 19.1 Å². The quantitative estimate of drug-likeness (QED) is 0.193. The minimum absolute atomic E-state index is 0.195. The van der Waals surface area contributed by atoms with Gasteiger partial charge in [-0.2, -0.15) is 5.26 Å². The maximum absolute atomic E-state index is 12.9. The number of nitrogens with one attached hydrogen (secondary N) is 1. The van der Waals surface area contributed by atoms with Crippen LogP contribution >= 0.6 is 12.0 Å². The highest BCUT2D eigenvalue weighted by molar-refractivity contribution is 7.95. The molecule has 0 radical (unpaired) electrons. The molecule has 1 aromatic heterocycles. The highest BCUT2D eigenvalue weighted by atomic mass is 32.2. The first kappa shape index (κ1) is 27.7. The Morgan fingerprint density at radius 1 is 1.08 bits per heavy atom. The molecule has 4 rings (SSSR count). The van der Waals surface area contributed by atoms with Crippen molar-refractivity contribution in [3.8, 4) is 17.4 Å². The van der Waals surface area contributed by atoms with E-state index in [0.29, 0.717) is 17.1 Å². The van der Waals surface area contributed by atoms with Crippen LogP contribution < -0.4 is 10.2 Å². The molecule has 38 heavy (non-hydrogen) atoms. The van der Waals surface area contributed by atoms with Gasteiger partial charge in [-0.15, -0.1) is 0 Å². The summed E-state index contributed by atoms with van der Waals surface area (Å²) in [5.74, 6) is 0.209. The standard InChI is InChI=1S/C28H31N3O6S/c1-4-31(5-2)20-9-8-17-12-19(7-6-18(17)13-20)23-11-10-22(36-23)16(3)21(14-29)27(35)30-28-26(34)25(33)24(15-32)37-38-28/h6-13,24-26,28,32-34H,4-5,15H2,1-3H3,(H,30,35)/b21-16+/t24-,25-,26+,28+/m1/s1. The maximum atomic E-state index is 12.9. The Labute approximate surface area is 225 Å². The van der Waals surface area contributed by atoms with Crippen LogP contribution in [0.4, 0.5) is 5.69 Å². The lowest BCUT2D eigenvalue weighted by Gasteiger charge is -2.35. The summed E-state index contributed by atoms with van der Waals surface area (Å²) >= 11 is 0.718. The van der Waals surface area contributed by atoms with Crippen molar-refractivity contribution in [2.75, 3.05) is 24.6 Å². The molecule has 4 atom stereocenters. The van der Waals surface area contributed by atoms with Gasteiger partial charge in [0.2, 0.25) is 0 Å². The molecule has 0 saturated carbocycles. The summed E-state index contributed by atoms with van der Waals surface area (Å²) < 4.78 is 11.2. The lowest BCUT2D eigenvalue weighted by atomic mass is 10.0. The summed E-state index contributed by atoms with van der Waals surface area (Å²) in [6.07, 6.45) is -3.75. The van der Waals surface area contributed by atoms with Crippen LogP contribution in [-0.2, 0) is 8.98 Å². The van der Waals surface area contributed by atoms with Crippen molar-refractivity contribution in [3.05, 3.63) is 59.9 Å². The fourth-order valence-corrected chi connectivity index (χ4v) is 5.25. The zero-order chi connectivity index (χ0) is 27.4. The first-order valence-electron chi connectivity index (χ1n) is 12.4. The van der Waals surface area contributed by atoms with Gasteiger partial charge in [-0.05, 0) is 61.9 Å². The van der Waals surface area contributed by atoms with Gasteiger partial charge in [0.25, 0.3) is 5.91 Å². The number of allylic oxidation sites excluding steroid dienone is 1. The van der Waals surface area contributed by atoms with Crippen molar-refractivity contribution in [3.63, 3.8) is 0 Å². The minimum atomic E-state index is -1.39. The number of fused-ring (bicyclic) bond motifs is 1. The summed E-state index contributed by atoms with van der Waals surface area (Å²) in [5.41, 5.74) is 2.17. The molecule has 1 aliphatic rings. The van der Waals surface area contributed by atoms with E-state index in [1.165, 1.54) is 5.69 Å². The Hall–Kier alpha value is -3.33. The lowest BCUT2D eigenvalue weighted by Crippen LogP contribution is -2.55. The molecule has 0 aliphatic carbocycles. The summed E-state index contributed by atoms with van der Waals surface area (Å²) in [7, 11) is 0. The third-order valence-corrected chi connectivity index (χ3v) is 7.67. The number of anilines is 1. The van der Waals surface area contributed by atoms with Gasteiger partial charge in [0.05, 0.1) is 6.61 Å². The fraction of sp³-hybridized carbons (Fsp3) is 0.357. The van der Waals surface area contributed by atoms with Crippen LogP contribution in [0.25, 0.3) is 27.7 Å². The van der Waals surface area contributed by atoms with Gasteiger partial charge in [0.1, 0.15) is 46.8 Å². The second-order valence-corrected chi connectivity index (χ2v) is 9.88. The van der Waals surface area contributed by atoms with Gasteiger partial charge in [-0.3, -0.25) is 4.79 Å². The normalized spacial score (nSPS) is 22.0. The number of aliphatic hydroxyl groups is 3. The second-order valence-electron chi connectivity index (χ2n) is 8.98. The number of carbonyl (C=O) groups excluding carboxylic acids is 1. The van der Waals surface area contributed by atoms with E-state index >= 15 is 0 Å². The summed E-state index contributed by atoms with van der Waals surface area (Å²) in [6.45, 7) is 7.26. The molecule has 4 N–H and O–H groups in total. The first-order valence-corrected chi connectivity index (χ1v) is 13.2. The third-order valence-electron chi connectivity index (χ3n) is 6.70. The van der Waals surface area contributed by atoms with Crippen LogP contribution in [0, 0.1) is 11.3 Å². The molecular formula is C28H31N3O6S. The molecule has 10 heteroatoms. The Balaban J connectivity index is 1.54. The van der Waals surface area contributed by atoms with Crippen molar-refractivity contribution in [2.24, 2.45) is 0 Å². The molecule has 0 unspecified atom stereocenters. The van der Waals surface area contributed by atoms with Crippen LogP contribution in [0.2, 0.25) is 0 Å². The van der Waals surface area contributed by atoms with Crippen molar-refractivity contribution in [1.82, 2.24) is 5.32 Å². The van der Waals surface area contributed by atoms with Gasteiger partial charge in [0.15, 0.2) is 0 Å². The van der Waals surface area contributed by atoms with Crippen molar-refractivity contribution in [1.29, 1.82) is 5.26 Å². The molecule has 1 fully saturated rings. The monoisotopic (exact) mass is 537 g/mol. The molecule has 2 heterocycles. The zero-order valence-electron chi connectivity index (χ0n) is 21.4. The average Bonchev–Trinajstić information content (AvgIpc) is 3.43. The van der Waals surface area contributed by atoms with Crippen molar-refractivity contribution >= 4 is 40.0 Å². The fourth-order valence-electron chi connectivity index (χ4n) is 4.39. The minimum Gasteiger partial charge on any atom is -0.456 e. The van der Waals surface area contributed by atoms with E-state index in [2.05, 4.69) is 42.3 Å². The molecule has 0 spiro atoms. The van der Waals surface area contributed by atoms with Crippen LogP contribution in [0.3, 0.4) is 0 Å². The number of hydrogen-bond acceptors (Lipinski definition) is 9. The van der Waals surface area contributed by atoms with Crippen LogP contribution in [0.1, 0.15) is 26.5 Å². The first-order chi connectivity index (χ1) is 18.3. The topological polar surface area (TPSA) is 139 Å². The predicted molar refractivity (Wildman–Crippen MR) is 147 cm³/mol. The molecule has 1 amide bonds. The Morgan fingerprint density at radius 2 is 1.79 bits per heavy atom. The van der Waals surface area contributed by atoms with E-state index in [9.17, 15) is 25.4 Å². The van der Waals surface area contributed by atoms with Gasteiger partial charge >= 0.3 is 0 Å². The van der Waals surface area contributed by atoms with E-state index in [1.807, 2.05) is 24.3 Å². The molecule has 3 aromatic rings. The number of aliphatic hydroxyl groups excluding tert-OH is 3. The number of amides is 1. The van der Waals surface area contributed by atoms with Crippen LogP contribution in [0.5, 0.6) is 0 Å². The molecule has 1 aliphatic heterocycles. The van der Waals surface area contributed by atoms with Crippen LogP contribution in [-0.4, -0.2) is 64.6 Å². The highest BCUT2D eigenvalue weighted by Crippen LogP contribution is 2.32. The number of hydrogen-bond donors (Lipinski definition) is 4. The Kier molecular flexibility index (Phi) is 8.76. The Bertz CT molecular complexity index is 1380. The molecule has 1 saturated heterocycles. The summed E-state index contributed by atoms with van der Waals surface area (Å²) in [4.78, 5) is 15.1. The number of nitriles is 1. The number of nitrogens with zero attached hydrogens (tertiary/aromatic N) is 2. The van der Waals surface area contributed by atoms with E-state index in [0.717, 1.165) is 41.5 Å². The van der Waals surface area contributed by atoms with Gasteiger partial charge in [-0.25, -0.2) is 0 Å². The molecular weight excluding hydrogens is 506 g/mol. The molecule has 0 bridgehead atoms. The van der Waals surface area contributed by atoms with Gasteiger partial charge in [-0.1, -0.05) is 18.2 Å². The average molecular weight is 538 g/mol. The second kappa shape index (κ2) is 12.0. The van der Waals surface area contributed by atoms with Gasteiger partial charge in [0, 0.05) is 42.0 Å². The Morgan fingerprint density at radius 3 is 2.47 bits per heavy atom. The maximum Gasteiger partial charge on any atom is 0.263 e. The molecule has 2 aromatic carbocycles. The van der Waals surface area contributed by atoms with E-state index < -0.39 is 36.2 Å². The molecule has 9 nitrogen and oxygen atoms in total. The predicted octanol–water partition coefficient (Wildman–Crippen LogP) is 3.45. The zero-order valence-corrected chi connectivity index (χ0v) is 22.2. The number of furan rings is 1. The van der Waals surface area contributed by atoms with Gasteiger partial charge < -0.3 is 34.1 Å². The van der Waals surface area contributed by atoms with Crippen molar-refractivity contribution < 1.29 is 28.7 Å². The largest absolute Gasteiger partial charge is 0.456 e. The molecule has 200 valence electrons. The number of rotatable bonds is 8. The summed E-state index contributed by atoms with van der Waals surface area (Å²) in [5, 5.41) is 42.9. The SMILES string of the molecule is CCN(CC)c1ccc2cc(-c3ccc(/C(C)=C(\C#N)C(=O)N[C@H]4SO[C@H](CO)[C@@H](O)[C@@H]4O)o3)ccc2c1. The van der Waals surface area contributed by atoms with Crippen molar-refractivity contribution in [2.45, 2.75) is 44.5 Å². The smallest absolute Gasteiger partial charge is 0.263 e. The van der Waals surface area contributed by atoms with E-state index in [-0.39, 0.29) is 5.57 Å². The van der Waals surface area contributed by atoms with Crippen LogP contribution in [0.15, 0.2) is 58.5 Å². The highest BCUT2D eigenvalue weighted by Gasteiger charge is 2.40. The third kappa shape index (κ3) is 5.57. The number of benzene rings is 2.